The molecular weight excluding hydrogens is 262 g/mol. The summed E-state index contributed by atoms with van der Waals surface area (Å²) >= 11 is 0. The van der Waals surface area contributed by atoms with Crippen LogP contribution in [-0.2, 0) is 9.53 Å². The fourth-order valence-corrected chi connectivity index (χ4v) is 2.58. The monoisotopic (exact) mass is 285 g/mol. The maximum atomic E-state index is 12.0. The van der Waals surface area contributed by atoms with Gasteiger partial charge < -0.3 is 20.1 Å². The molecule has 2 heterocycles. The van der Waals surface area contributed by atoms with Crippen molar-refractivity contribution in [3.63, 3.8) is 0 Å². The SMILES string of the molecule is O=C(O)CN1CCN(C(=O)NCC2CCCCO2)CC1. The molecule has 0 aromatic rings. The summed E-state index contributed by atoms with van der Waals surface area (Å²) in [6.45, 7) is 3.77. The number of urea groups is 1. The minimum absolute atomic E-state index is 0.0470. The maximum absolute atomic E-state index is 12.0. The molecule has 0 aromatic heterocycles. The van der Waals surface area contributed by atoms with Gasteiger partial charge in [0.15, 0.2) is 0 Å². The summed E-state index contributed by atoms with van der Waals surface area (Å²) in [5, 5.41) is 11.6. The van der Waals surface area contributed by atoms with Crippen molar-refractivity contribution in [2.45, 2.75) is 25.4 Å². The van der Waals surface area contributed by atoms with Gasteiger partial charge in [-0.3, -0.25) is 9.69 Å². The number of hydrogen-bond acceptors (Lipinski definition) is 4. The van der Waals surface area contributed by atoms with Gasteiger partial charge in [0.25, 0.3) is 0 Å². The van der Waals surface area contributed by atoms with E-state index in [0.717, 1.165) is 25.9 Å². The van der Waals surface area contributed by atoms with Crippen molar-refractivity contribution >= 4 is 12.0 Å². The van der Waals surface area contributed by atoms with Crippen LogP contribution in [0.4, 0.5) is 4.79 Å². The molecule has 1 atom stereocenters. The first-order valence-electron chi connectivity index (χ1n) is 7.23. The van der Waals surface area contributed by atoms with Crippen LogP contribution >= 0.6 is 0 Å². The van der Waals surface area contributed by atoms with Gasteiger partial charge in [0, 0.05) is 39.3 Å². The van der Waals surface area contributed by atoms with E-state index < -0.39 is 5.97 Å². The average Bonchev–Trinajstić information content (AvgIpc) is 2.46. The zero-order valence-corrected chi connectivity index (χ0v) is 11.7. The van der Waals surface area contributed by atoms with Crippen molar-refractivity contribution in [3.05, 3.63) is 0 Å². The van der Waals surface area contributed by atoms with E-state index in [1.54, 1.807) is 4.90 Å². The smallest absolute Gasteiger partial charge is 0.317 e. The van der Waals surface area contributed by atoms with Crippen molar-refractivity contribution in [1.29, 1.82) is 0 Å². The number of rotatable bonds is 4. The normalized spacial score (nSPS) is 24.4. The first kappa shape index (κ1) is 15.1. The fourth-order valence-electron chi connectivity index (χ4n) is 2.58. The number of carboxylic acids is 1. The van der Waals surface area contributed by atoms with Crippen LogP contribution in [0.15, 0.2) is 0 Å². The zero-order chi connectivity index (χ0) is 14.4. The number of nitrogens with zero attached hydrogens (tertiary/aromatic N) is 2. The van der Waals surface area contributed by atoms with Crippen molar-refractivity contribution in [2.24, 2.45) is 0 Å². The van der Waals surface area contributed by atoms with E-state index in [-0.39, 0.29) is 18.7 Å². The van der Waals surface area contributed by atoms with E-state index in [0.29, 0.717) is 32.7 Å². The molecule has 2 aliphatic heterocycles. The molecule has 0 bridgehead atoms. The summed E-state index contributed by atoms with van der Waals surface area (Å²) < 4.78 is 5.57. The topological polar surface area (TPSA) is 82.1 Å². The van der Waals surface area contributed by atoms with Crippen molar-refractivity contribution in [3.8, 4) is 0 Å². The van der Waals surface area contributed by atoms with Gasteiger partial charge in [-0.05, 0) is 19.3 Å². The van der Waals surface area contributed by atoms with E-state index >= 15 is 0 Å². The second-order valence-electron chi connectivity index (χ2n) is 5.33. The Morgan fingerprint density at radius 3 is 2.55 bits per heavy atom. The lowest BCUT2D eigenvalue weighted by atomic mass is 10.1. The lowest BCUT2D eigenvalue weighted by Crippen LogP contribution is -2.53. The van der Waals surface area contributed by atoms with E-state index in [9.17, 15) is 9.59 Å². The van der Waals surface area contributed by atoms with E-state index in [1.165, 1.54) is 0 Å². The molecule has 2 N–H and O–H groups in total. The number of hydrogen-bond donors (Lipinski definition) is 2. The molecule has 2 rings (SSSR count). The zero-order valence-electron chi connectivity index (χ0n) is 11.7. The van der Waals surface area contributed by atoms with Crippen LogP contribution in [-0.4, -0.2) is 78.9 Å². The molecular formula is C13H23N3O4. The highest BCUT2D eigenvalue weighted by Gasteiger charge is 2.23. The second kappa shape index (κ2) is 7.44. The highest BCUT2D eigenvalue weighted by atomic mass is 16.5. The van der Waals surface area contributed by atoms with Crippen molar-refractivity contribution < 1.29 is 19.4 Å². The van der Waals surface area contributed by atoms with E-state index in [2.05, 4.69) is 5.32 Å². The number of aliphatic carboxylic acids is 1. The molecule has 7 heteroatoms. The number of nitrogens with one attached hydrogen (secondary N) is 1. The van der Waals surface area contributed by atoms with Crippen LogP contribution in [0.3, 0.4) is 0 Å². The minimum Gasteiger partial charge on any atom is -0.480 e. The molecule has 0 aromatic carbocycles. The summed E-state index contributed by atoms with van der Waals surface area (Å²) in [4.78, 5) is 26.2. The van der Waals surface area contributed by atoms with Crippen LogP contribution in [0.5, 0.6) is 0 Å². The molecule has 7 nitrogen and oxygen atoms in total. The summed E-state index contributed by atoms with van der Waals surface area (Å²) in [5.74, 6) is -0.822. The molecule has 20 heavy (non-hydrogen) atoms. The third kappa shape index (κ3) is 4.64. The highest BCUT2D eigenvalue weighted by molar-refractivity contribution is 5.74. The molecule has 0 spiro atoms. The summed E-state index contributed by atoms with van der Waals surface area (Å²) in [6, 6.07) is -0.0749. The number of carbonyl (C=O) groups excluding carboxylic acids is 1. The van der Waals surface area contributed by atoms with Gasteiger partial charge in [-0.1, -0.05) is 0 Å². The van der Waals surface area contributed by atoms with Crippen LogP contribution in [0.2, 0.25) is 0 Å². The van der Waals surface area contributed by atoms with Crippen LogP contribution in [0.1, 0.15) is 19.3 Å². The Kier molecular flexibility index (Phi) is 5.60. The largest absolute Gasteiger partial charge is 0.480 e. The molecule has 2 fully saturated rings. The molecule has 114 valence electrons. The lowest BCUT2D eigenvalue weighted by Gasteiger charge is -2.34. The molecule has 2 saturated heterocycles. The fraction of sp³-hybridized carbons (Fsp3) is 0.846. The summed E-state index contributed by atoms with van der Waals surface area (Å²) in [7, 11) is 0. The Balaban J connectivity index is 1.65. The van der Waals surface area contributed by atoms with E-state index in [1.807, 2.05) is 4.90 Å². The maximum Gasteiger partial charge on any atom is 0.317 e. The summed E-state index contributed by atoms with van der Waals surface area (Å²) in [5.41, 5.74) is 0. The Morgan fingerprint density at radius 2 is 1.95 bits per heavy atom. The Morgan fingerprint density at radius 1 is 1.20 bits per heavy atom. The van der Waals surface area contributed by atoms with Gasteiger partial charge in [0.1, 0.15) is 0 Å². The van der Waals surface area contributed by atoms with Crippen molar-refractivity contribution in [1.82, 2.24) is 15.1 Å². The Hall–Kier alpha value is -1.34. The van der Waals surface area contributed by atoms with Gasteiger partial charge >= 0.3 is 12.0 Å². The average molecular weight is 285 g/mol. The number of ether oxygens (including phenoxy) is 1. The number of piperazine rings is 1. The van der Waals surface area contributed by atoms with Crippen LogP contribution in [0.25, 0.3) is 0 Å². The Labute approximate surface area is 118 Å². The van der Waals surface area contributed by atoms with Crippen LogP contribution < -0.4 is 5.32 Å². The van der Waals surface area contributed by atoms with Crippen molar-refractivity contribution in [2.75, 3.05) is 45.9 Å². The molecule has 0 saturated carbocycles. The van der Waals surface area contributed by atoms with Gasteiger partial charge in [-0.2, -0.15) is 0 Å². The first-order chi connectivity index (χ1) is 9.65. The standard InChI is InChI=1S/C13H23N3O4/c17-12(18)10-15-4-6-16(7-5-15)13(19)14-9-11-3-1-2-8-20-11/h11H,1-10H2,(H,14,19)(H,17,18). The van der Waals surface area contributed by atoms with Crippen LogP contribution in [0, 0.1) is 0 Å². The molecule has 1 unspecified atom stereocenters. The first-order valence-corrected chi connectivity index (χ1v) is 7.23. The van der Waals surface area contributed by atoms with Gasteiger partial charge in [0.2, 0.25) is 0 Å². The number of amides is 2. The highest BCUT2D eigenvalue weighted by Crippen LogP contribution is 2.11. The third-order valence-electron chi connectivity index (χ3n) is 3.77. The predicted molar refractivity (Wildman–Crippen MR) is 72.6 cm³/mol. The molecule has 2 amide bonds. The molecule has 2 aliphatic rings. The predicted octanol–water partition coefficient (Wildman–Crippen LogP) is -0.0327. The van der Waals surface area contributed by atoms with Gasteiger partial charge in [-0.25, -0.2) is 4.79 Å². The van der Waals surface area contributed by atoms with Gasteiger partial charge in [0.05, 0.1) is 12.6 Å². The second-order valence-corrected chi connectivity index (χ2v) is 5.33. The molecule has 0 aliphatic carbocycles. The third-order valence-corrected chi connectivity index (χ3v) is 3.77. The van der Waals surface area contributed by atoms with E-state index in [4.69, 9.17) is 9.84 Å². The number of carbonyl (C=O) groups is 2. The molecule has 0 radical (unpaired) electrons. The quantitative estimate of drug-likeness (QED) is 0.758. The van der Waals surface area contributed by atoms with Gasteiger partial charge in [-0.15, -0.1) is 0 Å². The number of carboxylic acid groups (broad SMARTS) is 1. The Bertz CT molecular complexity index is 337. The summed E-state index contributed by atoms with van der Waals surface area (Å²) in [6.07, 6.45) is 3.41. The lowest BCUT2D eigenvalue weighted by molar-refractivity contribution is -0.138. The minimum atomic E-state index is -0.822.